The highest BCUT2D eigenvalue weighted by molar-refractivity contribution is 8.00. The number of aromatic nitrogens is 2. The molecule has 0 saturated heterocycles. The maximum Gasteiger partial charge on any atom is 0.237 e. The Balaban J connectivity index is 1.79. The van der Waals surface area contributed by atoms with Crippen LogP contribution in [0.4, 0.5) is 5.69 Å². The van der Waals surface area contributed by atoms with Crippen LogP contribution < -0.4 is 5.32 Å². The molecular formula is C19H19Cl2N3O2S. The average Bonchev–Trinajstić information content (AvgIpc) is 3.00. The molecule has 0 saturated carbocycles. The highest BCUT2D eigenvalue weighted by Gasteiger charge is 2.20. The van der Waals surface area contributed by atoms with Crippen LogP contribution in [0, 0.1) is 0 Å². The van der Waals surface area contributed by atoms with Crippen LogP contribution in [0.2, 0.25) is 10.0 Å². The molecule has 0 fully saturated rings. The van der Waals surface area contributed by atoms with Crippen molar-refractivity contribution in [3.05, 3.63) is 52.5 Å². The molecule has 1 atom stereocenters. The molecule has 0 aliphatic carbocycles. The Morgan fingerprint density at radius 3 is 2.85 bits per heavy atom. The van der Waals surface area contributed by atoms with Gasteiger partial charge in [-0.15, -0.1) is 0 Å². The number of nitrogens with one attached hydrogen (secondary N) is 1. The van der Waals surface area contributed by atoms with E-state index in [0.29, 0.717) is 28.9 Å². The van der Waals surface area contributed by atoms with Crippen LogP contribution in [0.25, 0.3) is 11.0 Å². The molecule has 2 aromatic carbocycles. The number of hydrogen-bond acceptors (Lipinski definition) is 4. The van der Waals surface area contributed by atoms with Gasteiger partial charge >= 0.3 is 0 Å². The van der Waals surface area contributed by atoms with Gasteiger partial charge in [-0.05, 0) is 37.3 Å². The van der Waals surface area contributed by atoms with Crippen LogP contribution >= 0.6 is 35.0 Å². The molecule has 0 aliphatic heterocycles. The largest absolute Gasteiger partial charge is 0.383 e. The summed E-state index contributed by atoms with van der Waals surface area (Å²) in [6.07, 6.45) is 0. The molecule has 1 N–H and O–H groups in total. The van der Waals surface area contributed by atoms with Crippen LogP contribution in [0.5, 0.6) is 0 Å². The molecule has 1 aromatic heterocycles. The number of halogens is 2. The third kappa shape index (κ3) is 4.76. The lowest BCUT2D eigenvalue weighted by molar-refractivity contribution is -0.115. The Morgan fingerprint density at radius 1 is 1.30 bits per heavy atom. The van der Waals surface area contributed by atoms with Crippen LogP contribution in [0.15, 0.2) is 47.6 Å². The van der Waals surface area contributed by atoms with E-state index in [-0.39, 0.29) is 11.2 Å². The first kappa shape index (κ1) is 20.0. The summed E-state index contributed by atoms with van der Waals surface area (Å²) >= 11 is 13.5. The quantitative estimate of drug-likeness (QED) is 0.536. The van der Waals surface area contributed by atoms with E-state index < -0.39 is 0 Å². The van der Waals surface area contributed by atoms with Crippen molar-refractivity contribution in [2.24, 2.45) is 0 Å². The predicted octanol–water partition coefficient (Wildman–Crippen LogP) is 5.11. The number of para-hydroxylation sites is 2. The van der Waals surface area contributed by atoms with Gasteiger partial charge in [-0.25, -0.2) is 4.98 Å². The molecule has 1 amide bonds. The van der Waals surface area contributed by atoms with Crippen LogP contribution in [0.1, 0.15) is 6.92 Å². The van der Waals surface area contributed by atoms with Gasteiger partial charge in [0.2, 0.25) is 5.91 Å². The number of carbonyl (C=O) groups is 1. The lowest BCUT2D eigenvalue weighted by atomic mass is 10.3. The number of carbonyl (C=O) groups excluding carboxylic acids is 1. The van der Waals surface area contributed by atoms with Crippen molar-refractivity contribution in [3.63, 3.8) is 0 Å². The molecule has 3 rings (SSSR count). The molecule has 0 spiro atoms. The summed E-state index contributed by atoms with van der Waals surface area (Å²) in [7, 11) is 1.66. The van der Waals surface area contributed by atoms with E-state index in [9.17, 15) is 4.79 Å². The lowest BCUT2D eigenvalue weighted by Crippen LogP contribution is -2.23. The number of ether oxygens (including phenoxy) is 1. The number of anilines is 1. The Morgan fingerprint density at radius 2 is 2.07 bits per heavy atom. The molecular weight excluding hydrogens is 405 g/mol. The molecule has 8 heteroatoms. The molecule has 5 nitrogen and oxygen atoms in total. The van der Waals surface area contributed by atoms with Gasteiger partial charge in [0, 0.05) is 18.7 Å². The number of methoxy groups -OCH3 is 1. The molecule has 142 valence electrons. The van der Waals surface area contributed by atoms with Gasteiger partial charge in [0.25, 0.3) is 0 Å². The molecule has 1 heterocycles. The highest BCUT2D eigenvalue weighted by Crippen LogP contribution is 2.30. The molecule has 27 heavy (non-hydrogen) atoms. The monoisotopic (exact) mass is 423 g/mol. The standard InChI is InChI=1S/C19H19Cl2N3O2S/c1-12(18(25)22-16-11-13(20)7-8-14(16)21)27-19-23-15-5-3-4-6-17(15)24(19)9-10-26-2/h3-8,11-12H,9-10H2,1-2H3,(H,22,25). The minimum atomic E-state index is -0.377. The summed E-state index contributed by atoms with van der Waals surface area (Å²) in [5.41, 5.74) is 2.40. The second kappa shape index (κ2) is 8.97. The summed E-state index contributed by atoms with van der Waals surface area (Å²) in [6.45, 7) is 3.05. The van der Waals surface area contributed by atoms with E-state index in [4.69, 9.17) is 27.9 Å². The van der Waals surface area contributed by atoms with E-state index in [0.717, 1.165) is 16.2 Å². The zero-order chi connectivity index (χ0) is 19.4. The van der Waals surface area contributed by atoms with Crippen LogP contribution in [-0.4, -0.2) is 34.4 Å². The fraction of sp³-hybridized carbons (Fsp3) is 0.263. The van der Waals surface area contributed by atoms with Gasteiger partial charge in [0.15, 0.2) is 5.16 Å². The van der Waals surface area contributed by atoms with Gasteiger partial charge in [-0.3, -0.25) is 4.79 Å². The zero-order valence-electron chi connectivity index (χ0n) is 14.9. The first-order chi connectivity index (χ1) is 13.0. The minimum absolute atomic E-state index is 0.172. The second-order valence-corrected chi connectivity index (χ2v) is 8.05. The first-order valence-corrected chi connectivity index (χ1v) is 10.00. The summed E-state index contributed by atoms with van der Waals surface area (Å²) in [5, 5.41) is 4.18. The summed E-state index contributed by atoms with van der Waals surface area (Å²) in [4.78, 5) is 17.3. The number of rotatable bonds is 7. The van der Waals surface area contributed by atoms with Crippen molar-refractivity contribution >= 4 is 57.6 Å². The normalized spacial score (nSPS) is 12.3. The van der Waals surface area contributed by atoms with Crippen molar-refractivity contribution in [1.29, 1.82) is 0 Å². The van der Waals surface area contributed by atoms with Crippen molar-refractivity contribution in [2.45, 2.75) is 23.9 Å². The highest BCUT2D eigenvalue weighted by atomic mass is 35.5. The molecule has 1 unspecified atom stereocenters. The summed E-state index contributed by atoms with van der Waals surface area (Å²) in [5.74, 6) is -0.172. The minimum Gasteiger partial charge on any atom is -0.383 e. The smallest absolute Gasteiger partial charge is 0.237 e. The average molecular weight is 424 g/mol. The van der Waals surface area contributed by atoms with Crippen LogP contribution in [0.3, 0.4) is 0 Å². The fourth-order valence-corrected chi connectivity index (χ4v) is 3.87. The fourth-order valence-electron chi connectivity index (χ4n) is 2.58. The van der Waals surface area contributed by atoms with E-state index in [1.165, 1.54) is 11.8 Å². The maximum atomic E-state index is 12.6. The third-order valence-electron chi connectivity index (χ3n) is 3.98. The number of thioether (sulfide) groups is 1. The number of imidazole rings is 1. The zero-order valence-corrected chi connectivity index (χ0v) is 17.2. The Kier molecular flexibility index (Phi) is 6.65. The van der Waals surface area contributed by atoms with E-state index in [1.54, 1.807) is 25.3 Å². The van der Waals surface area contributed by atoms with Crippen molar-refractivity contribution in [2.75, 3.05) is 19.0 Å². The van der Waals surface area contributed by atoms with Gasteiger partial charge in [-0.2, -0.15) is 0 Å². The summed E-state index contributed by atoms with van der Waals surface area (Å²) in [6, 6.07) is 12.9. The van der Waals surface area contributed by atoms with Crippen LogP contribution in [-0.2, 0) is 16.1 Å². The summed E-state index contributed by atoms with van der Waals surface area (Å²) < 4.78 is 7.28. The molecule has 0 aliphatic rings. The first-order valence-electron chi connectivity index (χ1n) is 8.36. The number of amides is 1. The van der Waals surface area contributed by atoms with Crippen molar-refractivity contribution < 1.29 is 9.53 Å². The number of hydrogen-bond donors (Lipinski definition) is 1. The van der Waals surface area contributed by atoms with E-state index in [2.05, 4.69) is 14.9 Å². The third-order valence-corrected chi connectivity index (χ3v) is 5.63. The SMILES string of the molecule is COCCn1c(SC(C)C(=O)Nc2cc(Cl)ccc2Cl)nc2ccccc21. The van der Waals surface area contributed by atoms with Gasteiger partial charge < -0.3 is 14.6 Å². The molecule has 0 radical (unpaired) electrons. The van der Waals surface area contributed by atoms with E-state index >= 15 is 0 Å². The van der Waals surface area contributed by atoms with Gasteiger partial charge in [0.05, 0.1) is 33.6 Å². The van der Waals surface area contributed by atoms with Crippen molar-refractivity contribution in [1.82, 2.24) is 9.55 Å². The Labute approximate surface area is 172 Å². The number of nitrogens with zero attached hydrogens (tertiary/aromatic N) is 2. The topological polar surface area (TPSA) is 56.1 Å². The number of fused-ring (bicyclic) bond motifs is 1. The molecule has 0 bridgehead atoms. The van der Waals surface area contributed by atoms with Gasteiger partial charge in [-0.1, -0.05) is 47.1 Å². The lowest BCUT2D eigenvalue weighted by Gasteiger charge is -2.14. The predicted molar refractivity (Wildman–Crippen MR) is 112 cm³/mol. The molecule has 3 aromatic rings. The van der Waals surface area contributed by atoms with Crippen molar-refractivity contribution in [3.8, 4) is 0 Å². The Bertz CT molecular complexity index is 961. The van der Waals surface area contributed by atoms with E-state index in [1.807, 2.05) is 31.2 Å². The number of benzene rings is 2. The van der Waals surface area contributed by atoms with Gasteiger partial charge in [0.1, 0.15) is 0 Å². The maximum absolute atomic E-state index is 12.6. The Hall–Kier alpha value is -1.73. The second-order valence-electron chi connectivity index (χ2n) is 5.90.